The Labute approximate surface area is 206 Å². The van der Waals surface area contributed by atoms with Crippen molar-refractivity contribution in [3.63, 3.8) is 0 Å². The molecule has 0 spiro atoms. The first-order valence-corrected chi connectivity index (χ1v) is 11.4. The van der Waals surface area contributed by atoms with Gasteiger partial charge in [-0.15, -0.1) is 0 Å². The maximum absolute atomic E-state index is 13.3. The largest absolute Gasteiger partial charge is 0.497 e. The number of anilines is 1. The predicted molar refractivity (Wildman–Crippen MR) is 124 cm³/mol. The Hall–Kier alpha value is -3.11. The topological polar surface area (TPSA) is 64.8 Å². The van der Waals surface area contributed by atoms with E-state index in [1.165, 1.54) is 7.11 Å². The van der Waals surface area contributed by atoms with Crippen LogP contribution in [0, 0.1) is 0 Å². The summed E-state index contributed by atoms with van der Waals surface area (Å²) in [5.74, 6) is 0.575. The summed E-state index contributed by atoms with van der Waals surface area (Å²) in [6.45, 7) is 5.43. The Kier molecular flexibility index (Phi) is 9.89. The molecule has 0 heterocycles. The van der Waals surface area contributed by atoms with Gasteiger partial charge in [0.15, 0.2) is 0 Å². The van der Waals surface area contributed by atoms with Crippen molar-refractivity contribution in [1.82, 2.24) is 0 Å². The van der Waals surface area contributed by atoms with E-state index in [1.54, 1.807) is 18.2 Å². The third-order valence-electron chi connectivity index (χ3n) is 5.46. The van der Waals surface area contributed by atoms with Crippen molar-refractivity contribution in [1.29, 1.82) is 0 Å². The average Bonchev–Trinajstić information content (AvgIpc) is 2.77. The minimum Gasteiger partial charge on any atom is -0.497 e. The maximum Gasteiger partial charge on any atom is 0.416 e. The zero-order valence-electron chi connectivity index (χ0n) is 20.3. The van der Waals surface area contributed by atoms with E-state index in [0.717, 1.165) is 18.5 Å². The van der Waals surface area contributed by atoms with Crippen LogP contribution in [0.4, 0.5) is 36.8 Å². The number of carbonyl (C=O) groups is 1. The summed E-state index contributed by atoms with van der Waals surface area (Å²) in [6, 6.07) is 6.53. The van der Waals surface area contributed by atoms with Crippen LogP contribution < -0.4 is 15.4 Å². The molecule has 2 N–H and O–H groups in total. The fraction of sp³-hybridized carbons (Fsp3) is 0.480. The van der Waals surface area contributed by atoms with Crippen molar-refractivity contribution in [2.24, 2.45) is 5.73 Å². The molecule has 0 fully saturated rings. The summed E-state index contributed by atoms with van der Waals surface area (Å²) in [5.41, 5.74) is 3.49. The Morgan fingerprint density at radius 3 is 1.92 bits per heavy atom. The van der Waals surface area contributed by atoms with Gasteiger partial charge in [0.2, 0.25) is 0 Å². The highest BCUT2D eigenvalue weighted by molar-refractivity contribution is 5.65. The first-order chi connectivity index (χ1) is 16.8. The lowest BCUT2D eigenvalue weighted by Crippen LogP contribution is -2.29. The standard InChI is InChI=1S/C25H30F6N2O3/c1-4-8-33(9-5-2)22-15-20(35-3)7-6-17(22)13-21(36-23(32)34)12-16-10-18(24(26,27)28)14-19(11-16)25(29,30)31/h6-7,10-11,14-15,21H,4-5,8-9,12-13H2,1-3H3,(H2,32,34). The summed E-state index contributed by atoms with van der Waals surface area (Å²) in [7, 11) is 1.51. The van der Waals surface area contributed by atoms with Crippen LogP contribution in [-0.2, 0) is 29.9 Å². The smallest absolute Gasteiger partial charge is 0.416 e. The Balaban J connectivity index is 2.50. The minimum atomic E-state index is -4.99. The Morgan fingerprint density at radius 2 is 1.47 bits per heavy atom. The number of ether oxygens (including phenoxy) is 2. The molecule has 36 heavy (non-hydrogen) atoms. The van der Waals surface area contributed by atoms with Crippen LogP contribution in [0.2, 0.25) is 0 Å². The molecule has 0 saturated heterocycles. The number of alkyl halides is 6. The quantitative estimate of drug-likeness (QED) is 0.339. The zero-order chi connectivity index (χ0) is 27.1. The molecule has 0 aromatic heterocycles. The second-order valence-corrected chi connectivity index (χ2v) is 8.36. The van der Waals surface area contributed by atoms with Crippen molar-refractivity contribution in [2.75, 3.05) is 25.1 Å². The monoisotopic (exact) mass is 520 g/mol. The van der Waals surface area contributed by atoms with E-state index in [4.69, 9.17) is 15.2 Å². The second kappa shape index (κ2) is 12.2. The Morgan fingerprint density at radius 1 is 0.917 bits per heavy atom. The normalized spacial score (nSPS) is 12.8. The molecule has 0 radical (unpaired) electrons. The molecule has 0 saturated carbocycles. The van der Waals surface area contributed by atoms with Gasteiger partial charge in [0.1, 0.15) is 11.9 Å². The molecule has 0 bridgehead atoms. The van der Waals surface area contributed by atoms with Gasteiger partial charge in [-0.3, -0.25) is 0 Å². The van der Waals surface area contributed by atoms with Crippen LogP contribution in [0.1, 0.15) is 48.9 Å². The van der Waals surface area contributed by atoms with Gasteiger partial charge < -0.3 is 20.1 Å². The molecule has 200 valence electrons. The van der Waals surface area contributed by atoms with Crippen LogP contribution in [0.25, 0.3) is 0 Å². The van der Waals surface area contributed by atoms with Gasteiger partial charge in [0.25, 0.3) is 0 Å². The predicted octanol–water partition coefficient (Wildman–Crippen LogP) is 6.61. The third kappa shape index (κ3) is 8.23. The van der Waals surface area contributed by atoms with E-state index < -0.39 is 42.1 Å². The number of methoxy groups -OCH3 is 1. The van der Waals surface area contributed by atoms with E-state index in [1.807, 2.05) is 13.8 Å². The lowest BCUT2D eigenvalue weighted by molar-refractivity contribution is -0.143. The highest BCUT2D eigenvalue weighted by Gasteiger charge is 2.37. The molecule has 0 aliphatic rings. The Bertz CT molecular complexity index is 986. The second-order valence-electron chi connectivity index (χ2n) is 8.36. The molecule has 2 aromatic rings. The summed E-state index contributed by atoms with van der Waals surface area (Å²) in [6.07, 6.45) is -11.0. The summed E-state index contributed by atoms with van der Waals surface area (Å²) in [4.78, 5) is 13.7. The fourth-order valence-corrected chi connectivity index (χ4v) is 4.00. The van der Waals surface area contributed by atoms with Gasteiger partial charge in [-0.2, -0.15) is 26.3 Å². The van der Waals surface area contributed by atoms with Gasteiger partial charge >= 0.3 is 18.4 Å². The van der Waals surface area contributed by atoms with Crippen LogP contribution in [0.15, 0.2) is 36.4 Å². The molecular weight excluding hydrogens is 490 g/mol. The molecule has 2 aromatic carbocycles. The van der Waals surface area contributed by atoms with E-state index >= 15 is 0 Å². The van der Waals surface area contributed by atoms with Crippen LogP contribution in [0.3, 0.4) is 0 Å². The molecule has 0 aliphatic heterocycles. The van der Waals surface area contributed by atoms with Crippen molar-refractivity contribution >= 4 is 11.8 Å². The van der Waals surface area contributed by atoms with Crippen LogP contribution >= 0.6 is 0 Å². The molecule has 5 nitrogen and oxygen atoms in total. The number of nitrogens with two attached hydrogens (primary N) is 1. The number of amides is 1. The van der Waals surface area contributed by atoms with Crippen LogP contribution in [-0.4, -0.2) is 32.4 Å². The zero-order valence-corrected chi connectivity index (χ0v) is 20.3. The lowest BCUT2D eigenvalue weighted by Gasteiger charge is -2.28. The fourth-order valence-electron chi connectivity index (χ4n) is 4.00. The van der Waals surface area contributed by atoms with Crippen LogP contribution in [0.5, 0.6) is 5.75 Å². The van der Waals surface area contributed by atoms with E-state index in [0.29, 0.717) is 36.5 Å². The van der Waals surface area contributed by atoms with E-state index in [-0.39, 0.29) is 18.1 Å². The summed E-state index contributed by atoms with van der Waals surface area (Å²) < 4.78 is 90.3. The van der Waals surface area contributed by atoms with Crippen molar-refractivity contribution in [2.45, 2.75) is 58.0 Å². The molecule has 11 heteroatoms. The summed E-state index contributed by atoms with van der Waals surface area (Å²) >= 11 is 0. The number of benzene rings is 2. The molecule has 0 aliphatic carbocycles. The van der Waals surface area contributed by atoms with Crippen molar-refractivity contribution in [3.05, 3.63) is 58.7 Å². The SMILES string of the molecule is CCCN(CCC)c1cc(OC)ccc1CC(Cc1cc(C(F)(F)F)cc(C(F)(F)F)c1)OC(N)=O. The van der Waals surface area contributed by atoms with Gasteiger partial charge in [-0.25, -0.2) is 4.79 Å². The number of primary amides is 1. The number of hydrogen-bond donors (Lipinski definition) is 1. The third-order valence-corrected chi connectivity index (χ3v) is 5.46. The van der Waals surface area contributed by atoms with E-state index in [2.05, 4.69) is 4.90 Å². The number of nitrogens with zero attached hydrogens (tertiary/aromatic N) is 1. The molecule has 1 atom stereocenters. The van der Waals surface area contributed by atoms with Gasteiger partial charge in [0.05, 0.1) is 18.2 Å². The number of carbonyl (C=O) groups excluding carboxylic acids is 1. The first-order valence-electron chi connectivity index (χ1n) is 11.4. The highest BCUT2D eigenvalue weighted by atomic mass is 19.4. The van der Waals surface area contributed by atoms with Gasteiger partial charge in [0, 0.05) is 37.7 Å². The summed E-state index contributed by atoms with van der Waals surface area (Å²) in [5, 5.41) is 0. The number of rotatable bonds is 11. The van der Waals surface area contributed by atoms with Crippen molar-refractivity contribution < 1.29 is 40.6 Å². The highest BCUT2D eigenvalue weighted by Crippen LogP contribution is 2.37. The molecule has 1 amide bonds. The molecule has 1 unspecified atom stereocenters. The molecule has 2 rings (SSSR count). The number of hydrogen-bond acceptors (Lipinski definition) is 4. The van der Waals surface area contributed by atoms with Crippen molar-refractivity contribution in [3.8, 4) is 5.75 Å². The number of halogens is 6. The first kappa shape index (κ1) is 29.1. The maximum atomic E-state index is 13.3. The lowest BCUT2D eigenvalue weighted by atomic mass is 9.96. The molecular formula is C25H30F6N2O3. The minimum absolute atomic E-state index is 0.0177. The average molecular weight is 521 g/mol. The van der Waals surface area contributed by atoms with Gasteiger partial charge in [-0.05, 0) is 48.2 Å². The van der Waals surface area contributed by atoms with E-state index in [9.17, 15) is 31.1 Å². The van der Waals surface area contributed by atoms with Gasteiger partial charge in [-0.1, -0.05) is 19.9 Å².